The van der Waals surface area contributed by atoms with Crippen molar-refractivity contribution < 1.29 is 0 Å². The zero-order valence-corrected chi connectivity index (χ0v) is 10.3. The molecule has 3 rings (SSSR count). The Bertz CT molecular complexity index is 757. The van der Waals surface area contributed by atoms with E-state index in [0.717, 1.165) is 15.9 Å². The molecule has 0 saturated heterocycles. The summed E-state index contributed by atoms with van der Waals surface area (Å²) in [6, 6.07) is 11.5. The first-order chi connectivity index (χ1) is 8.83. The average Bonchev–Trinajstić information content (AvgIpc) is 2.89. The molecule has 0 saturated carbocycles. The van der Waals surface area contributed by atoms with Crippen molar-refractivity contribution in [2.45, 2.75) is 0 Å². The summed E-state index contributed by atoms with van der Waals surface area (Å²) in [5.74, 6) is 0. The molecule has 1 aromatic carbocycles. The summed E-state index contributed by atoms with van der Waals surface area (Å²) in [6.45, 7) is 0. The summed E-state index contributed by atoms with van der Waals surface area (Å²) in [6.07, 6.45) is 3.65. The number of benzene rings is 1. The summed E-state index contributed by atoms with van der Waals surface area (Å²) in [4.78, 5) is 20.1. The van der Waals surface area contributed by atoms with E-state index >= 15 is 0 Å². The predicted molar refractivity (Wildman–Crippen MR) is 75.6 cm³/mol. The van der Waals surface area contributed by atoms with Crippen molar-refractivity contribution in [3.05, 3.63) is 62.7 Å². The molecule has 0 amide bonds. The van der Waals surface area contributed by atoms with E-state index in [1.807, 2.05) is 47.9 Å². The van der Waals surface area contributed by atoms with Crippen LogP contribution in [-0.4, -0.2) is 9.97 Å². The van der Waals surface area contributed by atoms with Gasteiger partial charge in [0, 0.05) is 4.88 Å². The van der Waals surface area contributed by atoms with Crippen molar-refractivity contribution in [3.63, 3.8) is 0 Å². The maximum atomic E-state index is 11.8. The number of nitrogens with one attached hydrogen (secondary N) is 1. The van der Waals surface area contributed by atoms with Crippen LogP contribution >= 0.6 is 11.3 Å². The Morgan fingerprint density at radius 3 is 2.83 bits per heavy atom. The number of para-hydroxylation sites is 2. The summed E-state index contributed by atoms with van der Waals surface area (Å²) in [5.41, 5.74) is 1.82. The molecule has 0 bridgehead atoms. The number of fused-ring (bicyclic) bond motifs is 1. The monoisotopic (exact) mass is 254 g/mol. The minimum absolute atomic E-state index is 0.165. The van der Waals surface area contributed by atoms with Gasteiger partial charge in [0.15, 0.2) is 0 Å². The normalized spacial score (nSPS) is 11.3. The van der Waals surface area contributed by atoms with Gasteiger partial charge in [-0.2, -0.15) is 0 Å². The SMILES string of the molecule is O=c1[nH]c2ccccc2nc1/C=C/c1cccs1. The second-order valence-electron chi connectivity index (χ2n) is 3.82. The van der Waals surface area contributed by atoms with E-state index < -0.39 is 0 Å². The molecule has 0 radical (unpaired) electrons. The summed E-state index contributed by atoms with van der Waals surface area (Å²) in [5, 5.41) is 2.00. The summed E-state index contributed by atoms with van der Waals surface area (Å²) < 4.78 is 0. The lowest BCUT2D eigenvalue weighted by molar-refractivity contribution is 1.19. The second-order valence-corrected chi connectivity index (χ2v) is 4.80. The van der Waals surface area contributed by atoms with Gasteiger partial charge >= 0.3 is 0 Å². The first-order valence-corrected chi connectivity index (χ1v) is 6.41. The van der Waals surface area contributed by atoms with Crippen molar-refractivity contribution in [2.75, 3.05) is 0 Å². The van der Waals surface area contributed by atoms with Crippen LogP contribution in [-0.2, 0) is 0 Å². The first-order valence-electron chi connectivity index (χ1n) is 5.53. The van der Waals surface area contributed by atoms with Crippen LogP contribution in [0.3, 0.4) is 0 Å². The first kappa shape index (κ1) is 10.9. The number of nitrogens with zero attached hydrogens (tertiary/aromatic N) is 1. The Morgan fingerprint density at radius 1 is 1.11 bits per heavy atom. The maximum absolute atomic E-state index is 11.8. The van der Waals surface area contributed by atoms with Crippen LogP contribution in [0.1, 0.15) is 10.6 Å². The van der Waals surface area contributed by atoms with Crippen LogP contribution in [0.25, 0.3) is 23.2 Å². The van der Waals surface area contributed by atoms with E-state index in [1.54, 1.807) is 17.4 Å². The number of H-pyrrole nitrogens is 1. The fraction of sp³-hybridized carbons (Fsp3) is 0. The molecule has 2 aromatic heterocycles. The van der Waals surface area contributed by atoms with Crippen LogP contribution in [0.2, 0.25) is 0 Å². The number of thiophene rings is 1. The lowest BCUT2D eigenvalue weighted by atomic mass is 10.3. The highest BCUT2D eigenvalue weighted by Gasteiger charge is 2.00. The zero-order valence-electron chi connectivity index (χ0n) is 9.46. The number of aromatic nitrogens is 2. The summed E-state index contributed by atoms with van der Waals surface area (Å²) >= 11 is 1.62. The third-order valence-corrected chi connectivity index (χ3v) is 3.41. The van der Waals surface area contributed by atoms with Crippen LogP contribution < -0.4 is 5.56 Å². The van der Waals surface area contributed by atoms with Crippen LogP contribution in [0, 0.1) is 0 Å². The highest BCUT2D eigenvalue weighted by Crippen LogP contribution is 2.12. The molecule has 3 nitrogen and oxygen atoms in total. The smallest absolute Gasteiger partial charge is 0.274 e. The van der Waals surface area contributed by atoms with E-state index in [4.69, 9.17) is 0 Å². The fourth-order valence-electron chi connectivity index (χ4n) is 1.70. The Balaban J connectivity index is 2.07. The lowest BCUT2D eigenvalue weighted by Crippen LogP contribution is -2.11. The standard InChI is InChI=1S/C14H10N2OS/c17-14-13(8-7-10-4-3-9-18-10)15-11-5-1-2-6-12(11)16-14/h1-9H,(H,16,17)/b8-7+. The van der Waals surface area contributed by atoms with E-state index in [2.05, 4.69) is 9.97 Å². The quantitative estimate of drug-likeness (QED) is 0.763. The minimum Gasteiger partial charge on any atom is -0.319 e. The number of rotatable bonds is 2. The predicted octanol–water partition coefficient (Wildman–Crippen LogP) is 3.16. The van der Waals surface area contributed by atoms with E-state index in [1.165, 1.54) is 0 Å². The minimum atomic E-state index is -0.165. The molecule has 0 fully saturated rings. The van der Waals surface area contributed by atoms with E-state index in [9.17, 15) is 4.79 Å². The molecule has 2 heterocycles. The highest BCUT2D eigenvalue weighted by molar-refractivity contribution is 7.10. The van der Waals surface area contributed by atoms with Crippen LogP contribution in [0.15, 0.2) is 46.6 Å². The van der Waals surface area contributed by atoms with Gasteiger partial charge < -0.3 is 4.98 Å². The van der Waals surface area contributed by atoms with Crippen molar-refractivity contribution in [1.82, 2.24) is 9.97 Å². The van der Waals surface area contributed by atoms with Crippen molar-refractivity contribution in [3.8, 4) is 0 Å². The molecule has 1 N–H and O–H groups in total. The topological polar surface area (TPSA) is 45.8 Å². The van der Waals surface area contributed by atoms with Gasteiger partial charge in [0.05, 0.1) is 11.0 Å². The van der Waals surface area contributed by atoms with Gasteiger partial charge in [0.2, 0.25) is 0 Å². The van der Waals surface area contributed by atoms with Crippen LogP contribution in [0.4, 0.5) is 0 Å². The molecule has 88 valence electrons. The van der Waals surface area contributed by atoms with E-state index in [-0.39, 0.29) is 5.56 Å². The van der Waals surface area contributed by atoms with Gasteiger partial charge in [-0.1, -0.05) is 18.2 Å². The number of aromatic amines is 1. The molecule has 0 aliphatic rings. The molecule has 18 heavy (non-hydrogen) atoms. The van der Waals surface area contributed by atoms with E-state index in [0.29, 0.717) is 5.69 Å². The Morgan fingerprint density at radius 2 is 2.00 bits per heavy atom. The summed E-state index contributed by atoms with van der Waals surface area (Å²) in [7, 11) is 0. The molecule has 0 aliphatic carbocycles. The largest absolute Gasteiger partial charge is 0.319 e. The third-order valence-electron chi connectivity index (χ3n) is 2.57. The van der Waals surface area contributed by atoms with Crippen molar-refractivity contribution in [1.29, 1.82) is 0 Å². The molecule has 0 atom stereocenters. The number of hydrogen-bond donors (Lipinski definition) is 1. The molecule has 0 unspecified atom stereocenters. The van der Waals surface area contributed by atoms with Gasteiger partial charge in [-0.15, -0.1) is 11.3 Å². The van der Waals surface area contributed by atoms with Crippen molar-refractivity contribution in [2.24, 2.45) is 0 Å². The maximum Gasteiger partial charge on any atom is 0.274 e. The molecular weight excluding hydrogens is 244 g/mol. The number of hydrogen-bond acceptors (Lipinski definition) is 3. The van der Waals surface area contributed by atoms with Gasteiger partial charge in [0.25, 0.3) is 5.56 Å². The van der Waals surface area contributed by atoms with Gasteiger partial charge in [-0.05, 0) is 35.7 Å². The van der Waals surface area contributed by atoms with Gasteiger partial charge in [0.1, 0.15) is 5.69 Å². The van der Waals surface area contributed by atoms with Gasteiger partial charge in [-0.25, -0.2) is 4.98 Å². The molecule has 3 aromatic rings. The second kappa shape index (κ2) is 4.58. The highest BCUT2D eigenvalue weighted by atomic mass is 32.1. The third kappa shape index (κ3) is 2.10. The fourth-order valence-corrected chi connectivity index (χ4v) is 2.32. The average molecular weight is 254 g/mol. The van der Waals surface area contributed by atoms with Gasteiger partial charge in [-0.3, -0.25) is 4.79 Å². The Kier molecular flexibility index (Phi) is 2.78. The zero-order chi connectivity index (χ0) is 12.4. The lowest BCUT2D eigenvalue weighted by Gasteiger charge is -1.97. The Labute approximate surface area is 107 Å². The van der Waals surface area contributed by atoms with Crippen LogP contribution in [0.5, 0.6) is 0 Å². The molecule has 0 spiro atoms. The Hall–Kier alpha value is -2.20. The molecule has 4 heteroatoms. The molecular formula is C14H10N2OS. The molecule has 0 aliphatic heterocycles. The van der Waals surface area contributed by atoms with Crippen molar-refractivity contribution >= 4 is 34.5 Å².